The SMILES string of the molecule is COC(=O)Cn1nncc1C=C1CN(C(C(=O)C2CC2)c2ccccc2F)CCC1SC(C)=O. The number of halogens is 1. The molecular weight excluding hydrogens is 459 g/mol. The Labute approximate surface area is 201 Å². The van der Waals surface area contributed by atoms with Crippen molar-refractivity contribution in [3.8, 4) is 0 Å². The van der Waals surface area contributed by atoms with E-state index in [9.17, 15) is 18.8 Å². The van der Waals surface area contributed by atoms with Gasteiger partial charge in [0.05, 0.1) is 25.0 Å². The van der Waals surface area contributed by atoms with Crippen LogP contribution in [0.1, 0.15) is 43.5 Å². The molecule has 2 aromatic rings. The molecule has 10 heteroatoms. The van der Waals surface area contributed by atoms with Crippen molar-refractivity contribution in [1.29, 1.82) is 0 Å². The van der Waals surface area contributed by atoms with Gasteiger partial charge in [-0.05, 0) is 37.0 Å². The Hall–Kier alpha value is -2.85. The Bertz CT molecular complexity index is 1110. The Morgan fingerprint density at radius 1 is 1.26 bits per heavy atom. The number of ketones is 1. The van der Waals surface area contributed by atoms with Gasteiger partial charge in [0, 0.05) is 36.7 Å². The van der Waals surface area contributed by atoms with Crippen molar-refractivity contribution in [3.05, 3.63) is 53.1 Å². The van der Waals surface area contributed by atoms with Gasteiger partial charge in [-0.15, -0.1) is 5.10 Å². The molecule has 1 aliphatic carbocycles. The van der Waals surface area contributed by atoms with Crippen molar-refractivity contribution in [2.45, 2.75) is 44.0 Å². The Kier molecular flexibility index (Phi) is 7.57. The van der Waals surface area contributed by atoms with E-state index in [-0.39, 0.29) is 28.6 Å². The Morgan fingerprint density at radius 3 is 2.71 bits per heavy atom. The third-order valence-corrected chi connectivity index (χ3v) is 7.24. The van der Waals surface area contributed by atoms with Crippen LogP contribution in [0.2, 0.25) is 0 Å². The third-order valence-electron chi connectivity index (χ3n) is 6.09. The lowest BCUT2D eigenvalue weighted by Crippen LogP contribution is -2.43. The summed E-state index contributed by atoms with van der Waals surface area (Å²) >= 11 is 1.23. The number of hydrogen-bond donors (Lipinski definition) is 0. The van der Waals surface area contributed by atoms with Crippen LogP contribution in [0.5, 0.6) is 0 Å². The van der Waals surface area contributed by atoms with E-state index in [0.29, 0.717) is 30.8 Å². The summed E-state index contributed by atoms with van der Waals surface area (Å²) in [4.78, 5) is 39.0. The van der Waals surface area contributed by atoms with E-state index in [1.807, 2.05) is 11.0 Å². The summed E-state index contributed by atoms with van der Waals surface area (Å²) in [7, 11) is 1.30. The van der Waals surface area contributed by atoms with Crippen LogP contribution < -0.4 is 0 Å². The van der Waals surface area contributed by atoms with Gasteiger partial charge < -0.3 is 4.74 Å². The fraction of sp³-hybridized carbons (Fsp3) is 0.458. The van der Waals surface area contributed by atoms with Crippen LogP contribution in [0, 0.1) is 11.7 Å². The summed E-state index contributed by atoms with van der Waals surface area (Å²) < 4.78 is 20.9. The number of benzene rings is 1. The molecule has 2 atom stereocenters. The maximum Gasteiger partial charge on any atom is 0.327 e. The van der Waals surface area contributed by atoms with Crippen LogP contribution in [0.4, 0.5) is 4.39 Å². The first-order valence-corrected chi connectivity index (χ1v) is 12.1. The number of ether oxygens (including phenoxy) is 1. The van der Waals surface area contributed by atoms with Crippen LogP contribution in [0.25, 0.3) is 6.08 Å². The van der Waals surface area contributed by atoms with Crippen LogP contribution in [-0.4, -0.2) is 62.2 Å². The van der Waals surface area contributed by atoms with E-state index < -0.39 is 17.8 Å². The number of carbonyl (C=O) groups is 3. The molecule has 1 saturated heterocycles. The largest absolute Gasteiger partial charge is 0.468 e. The first kappa shape index (κ1) is 24.3. The molecule has 34 heavy (non-hydrogen) atoms. The molecule has 180 valence electrons. The van der Waals surface area contributed by atoms with Gasteiger partial charge in [0.2, 0.25) is 0 Å². The summed E-state index contributed by atoms with van der Waals surface area (Å²) in [6.45, 7) is 2.36. The molecule has 0 spiro atoms. The number of carbonyl (C=O) groups excluding carboxylic acids is 3. The monoisotopic (exact) mass is 486 g/mol. The van der Waals surface area contributed by atoms with Gasteiger partial charge in [-0.25, -0.2) is 9.07 Å². The fourth-order valence-electron chi connectivity index (χ4n) is 4.27. The number of thioether (sulfide) groups is 1. The number of likely N-dealkylation sites (tertiary alicyclic amines) is 1. The second-order valence-corrected chi connectivity index (χ2v) is 9.95. The van der Waals surface area contributed by atoms with Gasteiger partial charge in [0.25, 0.3) is 0 Å². The summed E-state index contributed by atoms with van der Waals surface area (Å²) in [5.41, 5.74) is 1.87. The van der Waals surface area contributed by atoms with Gasteiger partial charge in [-0.2, -0.15) is 0 Å². The number of piperidine rings is 1. The minimum atomic E-state index is -0.682. The predicted octanol–water partition coefficient (Wildman–Crippen LogP) is 3.05. The van der Waals surface area contributed by atoms with E-state index >= 15 is 0 Å². The standard InChI is InChI=1S/C24H27FN4O4S/c1-15(30)34-21-9-10-28(13-17(21)11-18-12-26-27-29(18)14-22(31)33-2)23(24(32)16-7-8-16)19-5-3-4-6-20(19)25/h3-6,11-12,16,21,23H,7-10,13-14H2,1-2H3. The summed E-state index contributed by atoms with van der Waals surface area (Å²) in [6, 6.07) is 5.74. The zero-order chi connectivity index (χ0) is 24.2. The molecule has 1 saturated carbocycles. The normalized spacial score (nSPS) is 20.8. The molecule has 4 rings (SSSR count). The van der Waals surface area contributed by atoms with Crippen molar-refractivity contribution in [2.24, 2.45) is 5.92 Å². The maximum atomic E-state index is 14.8. The molecule has 2 unspecified atom stereocenters. The minimum absolute atomic E-state index is 0.00902. The molecule has 2 fully saturated rings. The van der Waals surface area contributed by atoms with Crippen molar-refractivity contribution in [2.75, 3.05) is 20.2 Å². The molecule has 8 nitrogen and oxygen atoms in total. The highest BCUT2D eigenvalue weighted by molar-refractivity contribution is 8.14. The Balaban J connectivity index is 1.67. The summed E-state index contributed by atoms with van der Waals surface area (Å²) in [5.74, 6) is -0.848. The molecule has 2 heterocycles. The highest BCUT2D eigenvalue weighted by atomic mass is 32.2. The summed E-state index contributed by atoms with van der Waals surface area (Å²) in [6.07, 6.45) is 5.68. The molecule has 0 radical (unpaired) electrons. The number of esters is 1. The number of hydrogen-bond acceptors (Lipinski definition) is 8. The Morgan fingerprint density at radius 2 is 2.03 bits per heavy atom. The summed E-state index contributed by atoms with van der Waals surface area (Å²) in [5, 5.41) is 7.75. The number of Topliss-reactive ketones (excluding diaryl/α,β-unsaturated/α-hetero) is 1. The van der Waals surface area contributed by atoms with Gasteiger partial charge in [-0.1, -0.05) is 35.2 Å². The van der Waals surface area contributed by atoms with Crippen molar-refractivity contribution in [3.63, 3.8) is 0 Å². The molecule has 1 aliphatic heterocycles. The number of rotatable bonds is 8. The zero-order valence-electron chi connectivity index (χ0n) is 19.1. The molecule has 2 aliphatic rings. The van der Waals surface area contributed by atoms with E-state index in [0.717, 1.165) is 18.4 Å². The molecule has 0 bridgehead atoms. The van der Waals surface area contributed by atoms with Crippen LogP contribution in [-0.2, 0) is 25.7 Å². The second-order valence-electron chi connectivity index (χ2n) is 8.57. The van der Waals surface area contributed by atoms with Crippen LogP contribution in [0.3, 0.4) is 0 Å². The van der Waals surface area contributed by atoms with Crippen LogP contribution in [0.15, 0.2) is 36.0 Å². The highest BCUT2D eigenvalue weighted by Gasteiger charge is 2.41. The van der Waals surface area contributed by atoms with Crippen molar-refractivity contribution < 1.29 is 23.5 Å². The van der Waals surface area contributed by atoms with E-state index in [1.54, 1.807) is 18.2 Å². The minimum Gasteiger partial charge on any atom is -0.468 e. The van der Waals surface area contributed by atoms with Crippen LogP contribution >= 0.6 is 11.8 Å². The van der Waals surface area contributed by atoms with Gasteiger partial charge in [0.1, 0.15) is 12.4 Å². The van der Waals surface area contributed by atoms with Crippen molar-refractivity contribution >= 4 is 34.7 Å². The second kappa shape index (κ2) is 10.6. The highest BCUT2D eigenvalue weighted by Crippen LogP contribution is 2.40. The smallest absolute Gasteiger partial charge is 0.327 e. The van der Waals surface area contributed by atoms with Crippen molar-refractivity contribution in [1.82, 2.24) is 19.9 Å². The lowest BCUT2D eigenvalue weighted by atomic mass is 9.93. The number of methoxy groups -OCH3 is 1. The predicted molar refractivity (Wildman–Crippen MR) is 125 cm³/mol. The maximum absolute atomic E-state index is 14.8. The first-order chi connectivity index (χ1) is 16.4. The lowest BCUT2D eigenvalue weighted by molar-refractivity contribution is -0.141. The molecule has 0 amide bonds. The molecule has 1 aromatic carbocycles. The third kappa shape index (κ3) is 5.61. The van der Waals surface area contributed by atoms with E-state index in [4.69, 9.17) is 4.74 Å². The van der Waals surface area contributed by atoms with E-state index in [2.05, 4.69) is 10.3 Å². The average molecular weight is 487 g/mol. The average Bonchev–Trinajstić information content (AvgIpc) is 3.58. The van der Waals surface area contributed by atoms with Gasteiger partial charge in [-0.3, -0.25) is 19.3 Å². The first-order valence-electron chi connectivity index (χ1n) is 11.2. The topological polar surface area (TPSA) is 94.4 Å². The zero-order valence-corrected chi connectivity index (χ0v) is 20.0. The van der Waals surface area contributed by atoms with E-state index in [1.165, 1.54) is 42.7 Å². The lowest BCUT2D eigenvalue weighted by Gasteiger charge is -2.38. The molecule has 1 aromatic heterocycles. The molecular formula is C24H27FN4O4S. The number of nitrogens with zero attached hydrogens (tertiary/aromatic N) is 4. The fourth-order valence-corrected chi connectivity index (χ4v) is 5.19. The van der Waals surface area contributed by atoms with Gasteiger partial charge in [0.15, 0.2) is 10.9 Å². The quantitative estimate of drug-likeness (QED) is 0.526. The van der Waals surface area contributed by atoms with Gasteiger partial charge >= 0.3 is 5.97 Å². The number of aromatic nitrogens is 3. The molecule has 0 N–H and O–H groups in total.